The minimum atomic E-state index is -0.116. The zero-order valence-electron chi connectivity index (χ0n) is 31.1. The van der Waals surface area contributed by atoms with Crippen LogP contribution in [0.3, 0.4) is 0 Å². The molecule has 5 nitrogen and oxygen atoms in total. The summed E-state index contributed by atoms with van der Waals surface area (Å²) in [6.07, 6.45) is 7.78. The molecule has 4 aromatic carbocycles. The van der Waals surface area contributed by atoms with E-state index >= 15 is 0 Å². The quantitative estimate of drug-likeness (QED) is 0.136. The molecule has 0 spiro atoms. The minimum Gasteiger partial charge on any atom is -0.458 e. The van der Waals surface area contributed by atoms with Crippen LogP contribution in [-0.4, -0.2) is 14.1 Å². The Bertz CT molecular complexity index is 2370. The monoisotopic (exact) mass is 660 g/mol. The molecule has 7 rings (SSSR count). The Hall–Kier alpha value is -5.16. The molecular weight excluding hydrogens is 613 g/mol. The fraction of sp³-hybridized carbons (Fsp3) is 0.289. The molecule has 0 N–H and O–H groups in total. The van der Waals surface area contributed by atoms with Gasteiger partial charge in [-0.3, -0.25) is 13.7 Å². The van der Waals surface area contributed by atoms with Crippen LogP contribution in [0.5, 0.6) is 11.5 Å². The van der Waals surface area contributed by atoms with E-state index in [4.69, 9.17) is 9.72 Å². The summed E-state index contributed by atoms with van der Waals surface area (Å²) in [5, 5.41) is 2.35. The first-order chi connectivity index (χ1) is 23.6. The van der Waals surface area contributed by atoms with Crippen molar-refractivity contribution in [2.24, 2.45) is 0 Å². The molecule has 0 unspecified atom stereocenters. The molecule has 0 bridgehead atoms. The molecular formula is C45H48N4O. The average Bonchev–Trinajstić information content (AvgIpc) is 3.64. The lowest BCUT2D eigenvalue weighted by Gasteiger charge is -2.21. The highest BCUT2D eigenvalue weighted by Gasteiger charge is 2.24. The maximum absolute atomic E-state index is 6.63. The highest BCUT2D eigenvalue weighted by molar-refractivity contribution is 6.09. The fourth-order valence-electron chi connectivity index (χ4n) is 6.70. The first-order valence-corrected chi connectivity index (χ1v) is 17.5. The number of fused-ring (bicyclic) bond motifs is 3. The lowest BCUT2D eigenvalue weighted by atomic mass is 9.86. The first-order valence-electron chi connectivity index (χ1n) is 17.5. The largest absolute Gasteiger partial charge is 0.458 e. The van der Waals surface area contributed by atoms with E-state index in [0.717, 1.165) is 50.8 Å². The van der Waals surface area contributed by atoms with Crippen LogP contribution in [0, 0.1) is 13.3 Å². The molecule has 5 heteroatoms. The summed E-state index contributed by atoms with van der Waals surface area (Å²) < 4.78 is 13.2. The fourth-order valence-corrected chi connectivity index (χ4v) is 6.70. The number of benzene rings is 4. The Labute approximate surface area is 296 Å². The van der Waals surface area contributed by atoms with Gasteiger partial charge >= 0.3 is 0 Å². The van der Waals surface area contributed by atoms with E-state index in [0.29, 0.717) is 0 Å². The van der Waals surface area contributed by atoms with E-state index in [9.17, 15) is 0 Å². The number of nitrogens with zero attached hydrogens (tertiary/aromatic N) is 4. The van der Waals surface area contributed by atoms with Crippen molar-refractivity contribution in [1.29, 1.82) is 0 Å². The minimum absolute atomic E-state index is 0.00865. The number of ether oxygens (including phenoxy) is 1. The Balaban J connectivity index is 1.28. The van der Waals surface area contributed by atoms with E-state index in [1.807, 2.05) is 12.3 Å². The van der Waals surface area contributed by atoms with Crippen molar-refractivity contribution in [1.82, 2.24) is 14.1 Å². The van der Waals surface area contributed by atoms with Crippen LogP contribution < -0.4 is 9.30 Å². The number of imidazole rings is 1. The number of para-hydroxylation sites is 1. The summed E-state index contributed by atoms with van der Waals surface area (Å²) in [7, 11) is 0. The molecule has 3 heterocycles. The van der Waals surface area contributed by atoms with Gasteiger partial charge in [0.2, 0.25) is 0 Å². The standard InChI is InChI=1S/C45H48N4O/c1-30-24-31(43(2,3)4)18-21-38(30)47-28-41(45(8,9)10)48(29-47)33-14-13-15-34(26-33)50-35-19-20-37-36-16-11-12-17-39(36)49(40(37)27-35)42-25-32(22-23-46-42)44(5,6)7/h11-28H,1-10H3. The topological polar surface area (TPSA) is 35.9 Å². The number of pyridine rings is 1. The lowest BCUT2D eigenvalue weighted by molar-refractivity contribution is -0.600. The van der Waals surface area contributed by atoms with Crippen molar-refractivity contribution in [3.8, 4) is 28.7 Å². The van der Waals surface area contributed by atoms with Crippen molar-refractivity contribution < 1.29 is 9.30 Å². The SMILES string of the molecule is Cc1cc(C(C)(C)C)ccc1-[n+]1[c-]n(-c2cccc(Oc3ccc4c5ccccc5n(-c5cc(C(C)(C)C)ccn5)c4c3)c2)c(C(C)(C)C)c1. The van der Waals surface area contributed by atoms with Gasteiger partial charge in [0.1, 0.15) is 17.3 Å². The maximum Gasteiger partial charge on any atom is 0.269 e. The summed E-state index contributed by atoms with van der Waals surface area (Å²) in [5.74, 6) is 2.43. The van der Waals surface area contributed by atoms with Crippen molar-refractivity contribution in [2.75, 3.05) is 0 Å². The molecule has 0 atom stereocenters. The number of hydrogen-bond acceptors (Lipinski definition) is 2. The van der Waals surface area contributed by atoms with Crippen molar-refractivity contribution in [3.63, 3.8) is 0 Å². The highest BCUT2D eigenvalue weighted by atomic mass is 16.5. The number of aryl methyl sites for hydroxylation is 1. The van der Waals surface area contributed by atoms with Crippen LogP contribution in [0.1, 0.15) is 84.7 Å². The third kappa shape index (κ3) is 6.22. The highest BCUT2D eigenvalue weighted by Crippen LogP contribution is 2.36. The second-order valence-electron chi connectivity index (χ2n) is 16.6. The zero-order chi connectivity index (χ0) is 35.6. The summed E-state index contributed by atoms with van der Waals surface area (Å²) in [6, 6.07) is 34.2. The third-order valence-electron chi connectivity index (χ3n) is 9.59. The smallest absolute Gasteiger partial charge is 0.269 e. The third-order valence-corrected chi connectivity index (χ3v) is 9.59. The van der Waals surface area contributed by atoms with E-state index in [-0.39, 0.29) is 16.2 Å². The number of aromatic nitrogens is 4. The molecule has 3 aromatic heterocycles. The first kappa shape index (κ1) is 33.3. The van der Waals surface area contributed by atoms with E-state index in [1.54, 1.807) is 0 Å². The Morgan fingerprint density at radius 1 is 0.640 bits per heavy atom. The molecule has 0 aliphatic heterocycles. The molecule has 50 heavy (non-hydrogen) atoms. The van der Waals surface area contributed by atoms with Crippen LogP contribution in [0.2, 0.25) is 0 Å². The average molecular weight is 661 g/mol. The number of hydrogen-bond donors (Lipinski definition) is 0. The van der Waals surface area contributed by atoms with Gasteiger partial charge in [0.15, 0.2) is 0 Å². The van der Waals surface area contributed by atoms with Gasteiger partial charge in [0.25, 0.3) is 6.33 Å². The predicted molar refractivity (Wildman–Crippen MR) is 206 cm³/mol. The van der Waals surface area contributed by atoms with Gasteiger partial charge in [-0.25, -0.2) is 4.98 Å². The van der Waals surface area contributed by atoms with Crippen molar-refractivity contribution in [2.45, 2.75) is 85.5 Å². The van der Waals surface area contributed by atoms with E-state index in [1.165, 1.54) is 22.1 Å². The van der Waals surface area contributed by atoms with Gasteiger partial charge in [-0.05, 0) is 94.5 Å². The lowest BCUT2D eigenvalue weighted by Crippen LogP contribution is -2.30. The molecule has 0 aliphatic carbocycles. The van der Waals surface area contributed by atoms with Gasteiger partial charge in [0, 0.05) is 29.2 Å². The predicted octanol–water partition coefficient (Wildman–Crippen LogP) is 11.0. The molecule has 0 aliphatic rings. The molecule has 0 saturated carbocycles. The molecule has 254 valence electrons. The van der Waals surface area contributed by atoms with Gasteiger partial charge in [-0.2, -0.15) is 0 Å². The summed E-state index contributed by atoms with van der Waals surface area (Å²) >= 11 is 0. The maximum atomic E-state index is 6.63. The van der Waals surface area contributed by atoms with Crippen molar-refractivity contribution >= 4 is 21.8 Å². The molecule has 0 saturated heterocycles. The van der Waals surface area contributed by atoms with Crippen LogP contribution in [0.25, 0.3) is 39.0 Å². The summed E-state index contributed by atoms with van der Waals surface area (Å²) in [5.41, 5.74) is 9.23. The second-order valence-corrected chi connectivity index (χ2v) is 16.6. The summed E-state index contributed by atoms with van der Waals surface area (Å²) in [6.45, 7) is 22.4. The molecule has 0 amide bonds. The van der Waals surface area contributed by atoms with E-state index in [2.05, 4.69) is 186 Å². The number of rotatable bonds is 5. The van der Waals surface area contributed by atoms with Crippen LogP contribution in [-0.2, 0) is 16.2 Å². The normalized spacial score (nSPS) is 12.6. The van der Waals surface area contributed by atoms with Crippen LogP contribution >= 0.6 is 0 Å². The van der Waals surface area contributed by atoms with Gasteiger partial charge < -0.3 is 4.74 Å². The Kier molecular flexibility index (Phi) is 8.01. The van der Waals surface area contributed by atoms with Crippen molar-refractivity contribution in [3.05, 3.63) is 138 Å². The van der Waals surface area contributed by atoms with Gasteiger partial charge in [0.05, 0.1) is 28.1 Å². The molecule has 0 fully saturated rings. The van der Waals surface area contributed by atoms with Gasteiger partial charge in [-0.15, -0.1) is 0 Å². The molecule has 7 aromatic rings. The summed E-state index contributed by atoms with van der Waals surface area (Å²) in [4.78, 5) is 4.84. The molecule has 0 radical (unpaired) electrons. The van der Waals surface area contributed by atoms with Crippen LogP contribution in [0.15, 0.2) is 109 Å². The second kappa shape index (κ2) is 12.0. The van der Waals surface area contributed by atoms with Gasteiger partial charge in [-0.1, -0.05) is 98.7 Å². The van der Waals surface area contributed by atoms with Crippen LogP contribution in [0.4, 0.5) is 0 Å². The Morgan fingerprint density at radius 2 is 1.34 bits per heavy atom. The van der Waals surface area contributed by atoms with E-state index < -0.39 is 0 Å². The zero-order valence-corrected chi connectivity index (χ0v) is 31.1. The Morgan fingerprint density at radius 3 is 2.06 bits per heavy atom.